The van der Waals surface area contributed by atoms with Crippen molar-refractivity contribution < 1.29 is 0 Å². The summed E-state index contributed by atoms with van der Waals surface area (Å²) in [5.41, 5.74) is 1.45. The van der Waals surface area contributed by atoms with Crippen LogP contribution in [0.4, 0.5) is 0 Å². The van der Waals surface area contributed by atoms with Crippen molar-refractivity contribution in [1.29, 1.82) is 0 Å². The molecule has 1 aliphatic carbocycles. The Bertz CT molecular complexity index is 595. The van der Waals surface area contributed by atoms with Gasteiger partial charge in [-0.15, -0.1) is 0 Å². The number of nitrogens with one attached hydrogen (secondary N) is 1. The maximum absolute atomic E-state index is 5.34. The number of hydrogen-bond donors (Lipinski definition) is 1. The van der Waals surface area contributed by atoms with Gasteiger partial charge in [-0.2, -0.15) is 5.10 Å². The molecular weight excluding hydrogens is 230 g/mol. The van der Waals surface area contributed by atoms with Gasteiger partial charge in [-0.05, 0) is 24.1 Å². The summed E-state index contributed by atoms with van der Waals surface area (Å²) in [5, 5.41) is 7.27. The summed E-state index contributed by atoms with van der Waals surface area (Å²) in [5.74, 6) is 0.950. The van der Waals surface area contributed by atoms with Gasteiger partial charge in [-0.25, -0.2) is 0 Å². The van der Waals surface area contributed by atoms with Gasteiger partial charge >= 0.3 is 0 Å². The molecule has 1 N–H and O–H groups in total. The minimum atomic E-state index is 0.339. The van der Waals surface area contributed by atoms with Crippen molar-refractivity contribution in [2.45, 2.75) is 26.3 Å². The van der Waals surface area contributed by atoms with Crippen molar-refractivity contribution >= 4 is 12.2 Å². The van der Waals surface area contributed by atoms with E-state index in [0.29, 0.717) is 11.5 Å². The number of aromatic amines is 1. The van der Waals surface area contributed by atoms with Crippen molar-refractivity contribution in [3.63, 3.8) is 0 Å². The molecule has 1 heterocycles. The zero-order valence-corrected chi connectivity index (χ0v) is 10.8. The fourth-order valence-corrected chi connectivity index (χ4v) is 2.52. The molecule has 1 unspecified atom stereocenters. The van der Waals surface area contributed by atoms with E-state index in [0.717, 1.165) is 16.2 Å². The molecule has 0 saturated heterocycles. The highest BCUT2D eigenvalue weighted by molar-refractivity contribution is 7.71. The lowest BCUT2D eigenvalue weighted by Crippen LogP contribution is -2.02. The molecule has 1 aliphatic rings. The maximum atomic E-state index is 5.34. The highest BCUT2D eigenvalue weighted by Crippen LogP contribution is 2.56. The van der Waals surface area contributed by atoms with Crippen LogP contribution in [0.5, 0.6) is 0 Å². The first kappa shape index (κ1) is 10.7. The third-order valence-corrected chi connectivity index (χ3v) is 3.80. The summed E-state index contributed by atoms with van der Waals surface area (Å²) in [6.45, 7) is 4.53. The normalized spacial score (nSPS) is 21.4. The third kappa shape index (κ3) is 1.72. The Kier molecular flexibility index (Phi) is 2.23. The summed E-state index contributed by atoms with van der Waals surface area (Å²) < 4.78 is 2.88. The first-order valence-corrected chi connectivity index (χ1v) is 6.23. The van der Waals surface area contributed by atoms with E-state index in [-0.39, 0.29) is 0 Å². The minimum Gasteiger partial charge on any atom is -0.296 e. The van der Waals surface area contributed by atoms with Gasteiger partial charge < -0.3 is 0 Å². The van der Waals surface area contributed by atoms with Gasteiger partial charge in [0.05, 0.1) is 0 Å². The van der Waals surface area contributed by atoms with E-state index < -0.39 is 0 Å². The van der Waals surface area contributed by atoms with E-state index in [1.165, 1.54) is 6.42 Å². The first-order valence-electron chi connectivity index (χ1n) is 5.82. The number of aromatic nitrogens is 3. The Labute approximate surface area is 105 Å². The fourth-order valence-electron chi connectivity index (χ4n) is 2.26. The van der Waals surface area contributed by atoms with E-state index in [1.54, 1.807) is 0 Å². The molecule has 2 aromatic rings. The monoisotopic (exact) mass is 245 g/mol. The molecule has 1 aromatic carbocycles. The highest BCUT2D eigenvalue weighted by atomic mass is 32.1. The summed E-state index contributed by atoms with van der Waals surface area (Å²) >= 11 is 5.34. The molecule has 1 aromatic heterocycles. The van der Waals surface area contributed by atoms with Crippen LogP contribution in [0.15, 0.2) is 30.3 Å². The first-order chi connectivity index (χ1) is 8.09. The van der Waals surface area contributed by atoms with Crippen LogP contribution in [0.3, 0.4) is 0 Å². The molecule has 0 spiro atoms. The predicted octanol–water partition coefficient (Wildman–Crippen LogP) is 3.58. The molecule has 1 atom stereocenters. The second kappa shape index (κ2) is 3.53. The third-order valence-electron chi connectivity index (χ3n) is 3.51. The molecule has 0 aliphatic heterocycles. The SMILES string of the molecule is CC1(C)CC1n1c(-c2ccccc2)n[nH]c1=S. The van der Waals surface area contributed by atoms with Crippen LogP contribution < -0.4 is 0 Å². The van der Waals surface area contributed by atoms with Crippen molar-refractivity contribution in [3.8, 4) is 11.4 Å². The number of rotatable bonds is 2. The predicted molar refractivity (Wildman–Crippen MR) is 70.3 cm³/mol. The Balaban J connectivity index is 2.11. The molecule has 0 amide bonds. The Hall–Kier alpha value is -1.42. The molecule has 3 nitrogen and oxygen atoms in total. The van der Waals surface area contributed by atoms with Crippen molar-refractivity contribution in [2.75, 3.05) is 0 Å². The highest BCUT2D eigenvalue weighted by Gasteiger charge is 2.48. The quantitative estimate of drug-likeness (QED) is 0.820. The Morgan fingerprint density at radius 2 is 2.00 bits per heavy atom. The van der Waals surface area contributed by atoms with Crippen LogP contribution in [0.1, 0.15) is 26.3 Å². The average molecular weight is 245 g/mol. The van der Waals surface area contributed by atoms with E-state index in [1.807, 2.05) is 18.2 Å². The largest absolute Gasteiger partial charge is 0.296 e. The van der Waals surface area contributed by atoms with Gasteiger partial charge in [-0.1, -0.05) is 44.2 Å². The topological polar surface area (TPSA) is 33.6 Å². The Morgan fingerprint density at radius 1 is 1.35 bits per heavy atom. The second-order valence-electron chi connectivity index (χ2n) is 5.30. The lowest BCUT2D eigenvalue weighted by Gasteiger charge is -2.08. The van der Waals surface area contributed by atoms with Crippen LogP contribution in [0.2, 0.25) is 0 Å². The molecular formula is C13H15N3S. The Morgan fingerprint density at radius 3 is 2.59 bits per heavy atom. The summed E-state index contributed by atoms with van der Waals surface area (Å²) in [6, 6.07) is 10.7. The molecule has 1 fully saturated rings. The van der Waals surface area contributed by atoms with Gasteiger partial charge in [0.2, 0.25) is 0 Å². The summed E-state index contributed by atoms with van der Waals surface area (Å²) in [7, 11) is 0. The number of H-pyrrole nitrogens is 1. The van der Waals surface area contributed by atoms with Crippen LogP contribution in [0.25, 0.3) is 11.4 Å². The standard InChI is InChI=1S/C13H15N3S/c1-13(2)8-10(13)16-11(14-15-12(16)17)9-6-4-3-5-7-9/h3-7,10H,8H2,1-2H3,(H,15,17). The maximum Gasteiger partial charge on any atom is 0.195 e. The molecule has 17 heavy (non-hydrogen) atoms. The molecule has 0 bridgehead atoms. The van der Waals surface area contributed by atoms with Gasteiger partial charge in [0.1, 0.15) is 0 Å². The average Bonchev–Trinajstić information content (AvgIpc) is 2.77. The van der Waals surface area contributed by atoms with E-state index in [9.17, 15) is 0 Å². The van der Waals surface area contributed by atoms with Gasteiger partial charge in [-0.3, -0.25) is 9.67 Å². The molecule has 4 heteroatoms. The van der Waals surface area contributed by atoms with E-state index in [4.69, 9.17) is 12.2 Å². The molecule has 88 valence electrons. The van der Waals surface area contributed by atoms with Gasteiger partial charge in [0.15, 0.2) is 10.6 Å². The van der Waals surface area contributed by atoms with Crippen LogP contribution >= 0.6 is 12.2 Å². The second-order valence-corrected chi connectivity index (χ2v) is 5.68. The van der Waals surface area contributed by atoms with E-state index in [2.05, 4.69) is 40.7 Å². The zero-order chi connectivity index (χ0) is 12.0. The van der Waals surface area contributed by atoms with Crippen LogP contribution in [-0.4, -0.2) is 14.8 Å². The summed E-state index contributed by atoms with van der Waals surface area (Å²) in [6.07, 6.45) is 1.17. The lowest BCUT2D eigenvalue weighted by molar-refractivity contribution is 0.539. The zero-order valence-electron chi connectivity index (χ0n) is 9.97. The smallest absolute Gasteiger partial charge is 0.195 e. The fraction of sp³-hybridized carbons (Fsp3) is 0.385. The molecule has 0 radical (unpaired) electrons. The number of benzene rings is 1. The summed E-state index contributed by atoms with van der Waals surface area (Å²) in [4.78, 5) is 0. The van der Waals surface area contributed by atoms with E-state index >= 15 is 0 Å². The minimum absolute atomic E-state index is 0.339. The van der Waals surface area contributed by atoms with Crippen molar-refractivity contribution in [1.82, 2.24) is 14.8 Å². The van der Waals surface area contributed by atoms with Gasteiger partial charge in [0.25, 0.3) is 0 Å². The van der Waals surface area contributed by atoms with Crippen molar-refractivity contribution in [3.05, 3.63) is 35.1 Å². The van der Waals surface area contributed by atoms with Crippen LogP contribution in [-0.2, 0) is 0 Å². The number of hydrogen-bond acceptors (Lipinski definition) is 2. The van der Waals surface area contributed by atoms with Gasteiger partial charge in [0, 0.05) is 11.6 Å². The molecule has 1 saturated carbocycles. The lowest BCUT2D eigenvalue weighted by atomic mass is 10.1. The molecule has 3 rings (SSSR count). The van der Waals surface area contributed by atoms with Crippen LogP contribution in [0, 0.1) is 10.2 Å². The van der Waals surface area contributed by atoms with Crippen molar-refractivity contribution in [2.24, 2.45) is 5.41 Å². The number of nitrogens with zero attached hydrogens (tertiary/aromatic N) is 2.